The first-order valence-electron chi connectivity index (χ1n) is 5.76. The summed E-state index contributed by atoms with van der Waals surface area (Å²) in [5.74, 6) is 0. The molecule has 2 rings (SSSR count). The Bertz CT molecular complexity index is 505. The van der Waals surface area contributed by atoms with Crippen molar-refractivity contribution in [3.05, 3.63) is 49.2 Å². The van der Waals surface area contributed by atoms with Gasteiger partial charge in [0.1, 0.15) is 0 Å². The maximum atomic E-state index is 3.50. The molecule has 90 valence electrons. The van der Waals surface area contributed by atoms with Crippen molar-refractivity contribution in [2.24, 2.45) is 0 Å². The minimum Gasteiger partial charge on any atom is -0.380 e. The molecule has 1 nitrogen and oxygen atoms in total. The quantitative estimate of drug-likeness (QED) is 0.773. The molecule has 1 heterocycles. The molecule has 0 unspecified atom stereocenters. The van der Waals surface area contributed by atoms with E-state index in [0.717, 1.165) is 13.0 Å². The molecule has 0 aliphatic rings. The smallest absolute Gasteiger partial charge is 0.0494 e. The third-order valence-electron chi connectivity index (χ3n) is 2.71. The van der Waals surface area contributed by atoms with Crippen LogP contribution < -0.4 is 5.32 Å². The van der Waals surface area contributed by atoms with Gasteiger partial charge >= 0.3 is 0 Å². The van der Waals surface area contributed by atoms with Crippen LogP contribution in [0.5, 0.6) is 0 Å². The predicted molar refractivity (Wildman–Crippen MR) is 84.9 cm³/mol. The van der Waals surface area contributed by atoms with Gasteiger partial charge in [0.15, 0.2) is 0 Å². The van der Waals surface area contributed by atoms with Crippen LogP contribution in [0.3, 0.4) is 0 Å². The highest BCUT2D eigenvalue weighted by Gasteiger charge is 2.01. The van der Waals surface area contributed by atoms with Gasteiger partial charge in [0.05, 0.1) is 0 Å². The average molecular weight is 357 g/mol. The Morgan fingerprint density at radius 3 is 2.59 bits per heavy atom. The number of rotatable bonds is 4. The standard InChI is InChI=1S/C14H16INS/c1-3-12-5-6-13(17-12)9-16-14-7-4-11(15)8-10(14)2/h4-8,16H,3,9H2,1-2H3. The molecule has 1 aromatic heterocycles. The summed E-state index contributed by atoms with van der Waals surface area (Å²) in [6.45, 7) is 5.27. The van der Waals surface area contributed by atoms with E-state index in [1.165, 1.54) is 24.6 Å². The van der Waals surface area contributed by atoms with Gasteiger partial charge in [0.25, 0.3) is 0 Å². The van der Waals surface area contributed by atoms with E-state index in [9.17, 15) is 0 Å². The molecule has 0 atom stereocenters. The normalized spacial score (nSPS) is 10.5. The van der Waals surface area contributed by atoms with Crippen LogP contribution in [-0.4, -0.2) is 0 Å². The van der Waals surface area contributed by atoms with Gasteiger partial charge in [-0.1, -0.05) is 6.92 Å². The van der Waals surface area contributed by atoms with Crippen LogP contribution in [0.4, 0.5) is 5.69 Å². The fourth-order valence-electron chi connectivity index (χ4n) is 1.72. The van der Waals surface area contributed by atoms with Gasteiger partial charge in [0.2, 0.25) is 0 Å². The first-order valence-corrected chi connectivity index (χ1v) is 7.66. The van der Waals surface area contributed by atoms with Crippen LogP contribution in [0.1, 0.15) is 22.2 Å². The summed E-state index contributed by atoms with van der Waals surface area (Å²) < 4.78 is 1.29. The van der Waals surface area contributed by atoms with Crippen molar-refractivity contribution in [2.75, 3.05) is 5.32 Å². The van der Waals surface area contributed by atoms with E-state index in [2.05, 4.69) is 72.1 Å². The molecule has 0 amide bonds. The van der Waals surface area contributed by atoms with Crippen LogP contribution in [-0.2, 0) is 13.0 Å². The van der Waals surface area contributed by atoms with Crippen molar-refractivity contribution in [1.82, 2.24) is 0 Å². The van der Waals surface area contributed by atoms with Gasteiger partial charge in [-0.2, -0.15) is 0 Å². The zero-order valence-corrected chi connectivity index (χ0v) is 13.1. The number of nitrogens with one attached hydrogen (secondary N) is 1. The topological polar surface area (TPSA) is 12.0 Å². The minimum atomic E-state index is 0.923. The lowest BCUT2D eigenvalue weighted by molar-refractivity contribution is 1.18. The number of halogens is 1. The van der Waals surface area contributed by atoms with E-state index in [4.69, 9.17) is 0 Å². The number of benzene rings is 1. The number of hydrogen-bond donors (Lipinski definition) is 1. The van der Waals surface area contributed by atoms with Crippen molar-refractivity contribution in [3.8, 4) is 0 Å². The average Bonchev–Trinajstić information content (AvgIpc) is 2.76. The fourth-order valence-corrected chi connectivity index (χ4v) is 3.26. The second-order valence-corrected chi connectivity index (χ2v) is 6.53. The molecule has 3 heteroatoms. The molecule has 0 aliphatic carbocycles. The molecule has 0 radical (unpaired) electrons. The molecule has 0 bridgehead atoms. The Kier molecular flexibility index (Phi) is 4.45. The van der Waals surface area contributed by atoms with Crippen molar-refractivity contribution >= 4 is 39.6 Å². The largest absolute Gasteiger partial charge is 0.380 e. The van der Waals surface area contributed by atoms with Crippen LogP contribution in [0.15, 0.2) is 30.3 Å². The third kappa shape index (κ3) is 3.45. The molecule has 17 heavy (non-hydrogen) atoms. The van der Waals surface area contributed by atoms with Gasteiger partial charge in [-0.3, -0.25) is 0 Å². The first-order chi connectivity index (χ1) is 8.19. The molecule has 0 saturated heterocycles. The zero-order chi connectivity index (χ0) is 12.3. The summed E-state index contributed by atoms with van der Waals surface area (Å²) in [6, 6.07) is 10.9. The molecule has 1 aromatic carbocycles. The molecule has 0 spiro atoms. The van der Waals surface area contributed by atoms with Crippen LogP contribution >= 0.6 is 33.9 Å². The SMILES string of the molecule is CCc1ccc(CNc2ccc(I)cc2C)s1. The lowest BCUT2D eigenvalue weighted by Crippen LogP contribution is -1.99. The van der Waals surface area contributed by atoms with Gasteiger partial charge in [-0.15, -0.1) is 11.3 Å². The Morgan fingerprint density at radius 2 is 1.94 bits per heavy atom. The van der Waals surface area contributed by atoms with Crippen molar-refractivity contribution < 1.29 is 0 Å². The summed E-state index contributed by atoms with van der Waals surface area (Å²) in [7, 11) is 0. The van der Waals surface area contributed by atoms with Crippen molar-refractivity contribution in [1.29, 1.82) is 0 Å². The van der Waals surface area contributed by atoms with E-state index in [-0.39, 0.29) is 0 Å². The highest BCUT2D eigenvalue weighted by molar-refractivity contribution is 14.1. The summed E-state index contributed by atoms with van der Waals surface area (Å²) in [5, 5.41) is 3.50. The number of hydrogen-bond acceptors (Lipinski definition) is 2. The van der Waals surface area contributed by atoms with Gasteiger partial charge in [-0.05, 0) is 71.8 Å². The van der Waals surface area contributed by atoms with Crippen molar-refractivity contribution in [3.63, 3.8) is 0 Å². The number of aryl methyl sites for hydroxylation is 2. The summed E-state index contributed by atoms with van der Waals surface area (Å²) in [6.07, 6.45) is 1.13. The molecular weight excluding hydrogens is 341 g/mol. The van der Waals surface area contributed by atoms with E-state index in [1.807, 2.05) is 11.3 Å². The fraction of sp³-hybridized carbons (Fsp3) is 0.286. The van der Waals surface area contributed by atoms with Crippen molar-refractivity contribution in [2.45, 2.75) is 26.8 Å². The summed E-state index contributed by atoms with van der Waals surface area (Å²) in [5.41, 5.74) is 2.54. The Labute approximate surface area is 120 Å². The Balaban J connectivity index is 2.02. The van der Waals surface area contributed by atoms with Crippen LogP contribution in [0.2, 0.25) is 0 Å². The third-order valence-corrected chi connectivity index (χ3v) is 4.61. The Morgan fingerprint density at radius 1 is 1.18 bits per heavy atom. The lowest BCUT2D eigenvalue weighted by Gasteiger charge is -2.08. The molecule has 0 aliphatic heterocycles. The second-order valence-electron chi connectivity index (χ2n) is 4.03. The van der Waals surface area contributed by atoms with E-state index in [0.29, 0.717) is 0 Å². The minimum absolute atomic E-state index is 0.923. The van der Waals surface area contributed by atoms with Crippen LogP contribution in [0, 0.1) is 10.5 Å². The zero-order valence-electron chi connectivity index (χ0n) is 10.1. The maximum Gasteiger partial charge on any atom is 0.0494 e. The number of anilines is 1. The predicted octanol–water partition coefficient (Wildman–Crippen LogP) is 4.84. The monoisotopic (exact) mass is 357 g/mol. The molecular formula is C14H16INS. The lowest BCUT2D eigenvalue weighted by atomic mass is 10.2. The molecule has 0 saturated carbocycles. The molecule has 1 N–H and O–H groups in total. The highest BCUT2D eigenvalue weighted by atomic mass is 127. The number of thiophene rings is 1. The maximum absolute atomic E-state index is 3.50. The van der Waals surface area contributed by atoms with Gasteiger partial charge in [-0.25, -0.2) is 0 Å². The van der Waals surface area contributed by atoms with E-state index in [1.54, 1.807) is 0 Å². The summed E-state index contributed by atoms with van der Waals surface area (Å²) >= 11 is 4.24. The highest BCUT2D eigenvalue weighted by Crippen LogP contribution is 2.21. The first kappa shape index (κ1) is 12.9. The van der Waals surface area contributed by atoms with E-state index < -0.39 is 0 Å². The second kappa shape index (κ2) is 5.87. The molecule has 0 fully saturated rings. The van der Waals surface area contributed by atoms with Crippen LogP contribution in [0.25, 0.3) is 0 Å². The summed E-state index contributed by atoms with van der Waals surface area (Å²) in [4.78, 5) is 2.86. The Hall–Kier alpha value is -0.550. The van der Waals surface area contributed by atoms with E-state index >= 15 is 0 Å². The van der Waals surface area contributed by atoms with Gasteiger partial charge in [0, 0.05) is 25.6 Å². The molecule has 2 aromatic rings. The van der Waals surface area contributed by atoms with Gasteiger partial charge < -0.3 is 5.32 Å².